The van der Waals surface area contributed by atoms with Gasteiger partial charge >= 0.3 is 6.18 Å². The molecule has 0 aliphatic carbocycles. The van der Waals surface area contributed by atoms with Gasteiger partial charge in [-0.25, -0.2) is 18.4 Å². The number of amides is 1. The van der Waals surface area contributed by atoms with Crippen LogP contribution in [0.2, 0.25) is 0 Å². The number of hydrogen-bond acceptors (Lipinski definition) is 9. The molecule has 2 aliphatic heterocycles. The van der Waals surface area contributed by atoms with Crippen molar-refractivity contribution in [3.05, 3.63) is 46.5 Å². The van der Waals surface area contributed by atoms with E-state index in [2.05, 4.69) is 38.2 Å². The Kier molecular flexibility index (Phi) is 7.52. The van der Waals surface area contributed by atoms with Gasteiger partial charge in [-0.2, -0.15) is 13.2 Å². The predicted octanol–water partition coefficient (Wildman–Crippen LogP) is 4.14. The minimum Gasteiger partial charge on any atom is -0.369 e. The largest absolute Gasteiger partial charge is 0.420 e. The molecule has 1 fully saturated rings. The molecule has 0 unspecified atom stereocenters. The zero-order chi connectivity index (χ0) is 28.8. The summed E-state index contributed by atoms with van der Waals surface area (Å²) in [5.41, 5.74) is 1.08. The number of alkyl halides is 3. The van der Waals surface area contributed by atoms with Gasteiger partial charge in [0.25, 0.3) is 5.91 Å². The van der Waals surface area contributed by atoms with Gasteiger partial charge in [0.15, 0.2) is 9.84 Å². The molecule has 0 spiro atoms. The third kappa shape index (κ3) is 5.52. The maximum Gasteiger partial charge on any atom is 0.420 e. The zero-order valence-electron chi connectivity index (χ0n) is 22.2. The number of sulfone groups is 1. The van der Waals surface area contributed by atoms with Gasteiger partial charge in [-0.15, -0.1) is 11.3 Å². The molecule has 0 radical (unpaired) electrons. The number of benzene rings is 1. The summed E-state index contributed by atoms with van der Waals surface area (Å²) < 4.78 is 67.6. The van der Waals surface area contributed by atoms with Crippen LogP contribution < -0.4 is 10.2 Å². The lowest BCUT2D eigenvalue weighted by Crippen LogP contribution is -2.44. The van der Waals surface area contributed by atoms with E-state index in [0.717, 1.165) is 43.5 Å². The quantitative estimate of drug-likeness (QED) is 0.471. The second-order valence-corrected chi connectivity index (χ2v) is 13.0. The van der Waals surface area contributed by atoms with Gasteiger partial charge in [-0.05, 0) is 43.3 Å². The van der Waals surface area contributed by atoms with Crippen molar-refractivity contribution < 1.29 is 26.4 Å². The first-order valence-corrected chi connectivity index (χ1v) is 15.2. The van der Waals surface area contributed by atoms with Crippen LogP contribution in [0.15, 0.2) is 35.4 Å². The summed E-state index contributed by atoms with van der Waals surface area (Å²) in [7, 11) is -0.319. The normalized spacial score (nSPS) is 18.0. The Hall–Kier alpha value is -3.23. The molecule has 40 heavy (non-hydrogen) atoms. The second kappa shape index (κ2) is 10.6. The number of rotatable bonds is 5. The van der Waals surface area contributed by atoms with Gasteiger partial charge in [-0.1, -0.05) is 6.92 Å². The highest BCUT2D eigenvalue weighted by Crippen LogP contribution is 2.42. The standard InChI is InChI=1S/C26H29F3N6O3S2/c1-4-16-13-17(35-9-7-33(2)8-10-35)5-6-19(16)31-25-30-15-18(26(27,28)29)22(32-25)20-14-21-23(39-20)24(36)34(3)11-12-40(21,37)38/h5-6,13-15H,4,7-12H2,1-3H3,(H,30,31,32). The number of halogens is 3. The van der Waals surface area contributed by atoms with Crippen molar-refractivity contribution in [1.82, 2.24) is 19.8 Å². The van der Waals surface area contributed by atoms with Gasteiger partial charge in [0.2, 0.25) is 5.95 Å². The number of carbonyl (C=O) groups is 1. The van der Waals surface area contributed by atoms with E-state index in [9.17, 15) is 26.4 Å². The van der Waals surface area contributed by atoms with Crippen LogP contribution in [0, 0.1) is 0 Å². The molecule has 0 bridgehead atoms. The molecule has 2 aromatic heterocycles. The van der Waals surface area contributed by atoms with Crippen molar-refractivity contribution in [3.8, 4) is 10.6 Å². The van der Waals surface area contributed by atoms with Crippen LogP contribution >= 0.6 is 11.3 Å². The highest BCUT2D eigenvalue weighted by Gasteiger charge is 2.38. The third-order valence-electron chi connectivity index (χ3n) is 7.18. The van der Waals surface area contributed by atoms with Crippen molar-refractivity contribution in [2.24, 2.45) is 0 Å². The fourth-order valence-electron chi connectivity index (χ4n) is 4.73. The summed E-state index contributed by atoms with van der Waals surface area (Å²) >= 11 is 0.689. The monoisotopic (exact) mass is 594 g/mol. The lowest BCUT2D eigenvalue weighted by molar-refractivity contribution is -0.137. The molecular weight excluding hydrogens is 565 g/mol. The van der Waals surface area contributed by atoms with Crippen LogP contribution in [0.4, 0.5) is 30.5 Å². The van der Waals surface area contributed by atoms with E-state index in [1.165, 1.54) is 11.9 Å². The molecule has 2 aliphatic rings. The number of anilines is 3. The van der Waals surface area contributed by atoms with Crippen LogP contribution in [0.3, 0.4) is 0 Å². The maximum absolute atomic E-state index is 14.0. The zero-order valence-corrected chi connectivity index (χ0v) is 23.9. The Balaban J connectivity index is 1.52. The maximum atomic E-state index is 14.0. The molecule has 1 saturated heterocycles. The number of fused-ring (bicyclic) bond motifs is 1. The van der Waals surface area contributed by atoms with Crippen molar-refractivity contribution >= 4 is 44.4 Å². The van der Waals surface area contributed by atoms with Gasteiger partial charge in [0, 0.05) is 57.3 Å². The number of carbonyl (C=O) groups excluding carboxylic acids is 1. The molecule has 1 N–H and O–H groups in total. The average Bonchev–Trinajstić information content (AvgIpc) is 3.35. The Labute approximate surface area is 234 Å². The summed E-state index contributed by atoms with van der Waals surface area (Å²) in [5.74, 6) is -0.938. The predicted molar refractivity (Wildman–Crippen MR) is 148 cm³/mol. The fourth-order valence-corrected chi connectivity index (χ4v) is 7.76. The van der Waals surface area contributed by atoms with Gasteiger partial charge in [0.1, 0.15) is 10.4 Å². The lowest BCUT2D eigenvalue weighted by atomic mass is 10.1. The van der Waals surface area contributed by atoms with E-state index in [1.54, 1.807) is 0 Å². The van der Waals surface area contributed by atoms with Crippen LogP contribution in [-0.4, -0.2) is 86.7 Å². The van der Waals surface area contributed by atoms with E-state index >= 15 is 0 Å². The molecule has 4 heterocycles. The first kappa shape index (κ1) is 28.3. The summed E-state index contributed by atoms with van der Waals surface area (Å²) in [6, 6.07) is 7.00. The first-order chi connectivity index (χ1) is 18.9. The number of hydrogen-bond donors (Lipinski definition) is 1. The third-order valence-corrected chi connectivity index (χ3v) is 10.2. The summed E-state index contributed by atoms with van der Waals surface area (Å²) in [6.45, 7) is 5.70. The second-order valence-electron chi connectivity index (χ2n) is 9.91. The Morgan fingerprint density at radius 3 is 2.48 bits per heavy atom. The number of likely N-dealkylation sites (N-methyl/N-ethyl adjacent to an activating group) is 1. The fraction of sp³-hybridized carbons (Fsp3) is 0.423. The number of nitrogens with zero attached hydrogens (tertiary/aromatic N) is 5. The smallest absolute Gasteiger partial charge is 0.369 e. The molecule has 0 atom stereocenters. The van der Waals surface area contributed by atoms with Crippen LogP contribution in [0.1, 0.15) is 27.7 Å². The van der Waals surface area contributed by atoms with Crippen molar-refractivity contribution in [3.63, 3.8) is 0 Å². The summed E-state index contributed by atoms with van der Waals surface area (Å²) in [4.78, 5) is 26.3. The summed E-state index contributed by atoms with van der Waals surface area (Å²) in [5, 5.41) is 3.05. The Morgan fingerprint density at radius 1 is 1.07 bits per heavy atom. The topological polar surface area (TPSA) is 98.7 Å². The highest BCUT2D eigenvalue weighted by atomic mass is 32.2. The van der Waals surface area contributed by atoms with Crippen LogP contribution in [-0.2, 0) is 22.4 Å². The number of aryl methyl sites for hydroxylation is 1. The van der Waals surface area contributed by atoms with E-state index in [-0.39, 0.29) is 32.9 Å². The summed E-state index contributed by atoms with van der Waals surface area (Å²) in [6.07, 6.45) is -3.45. The highest BCUT2D eigenvalue weighted by molar-refractivity contribution is 7.91. The van der Waals surface area contributed by atoms with Crippen molar-refractivity contribution in [2.75, 3.05) is 62.8 Å². The van der Waals surface area contributed by atoms with E-state index in [0.29, 0.717) is 29.6 Å². The molecule has 9 nitrogen and oxygen atoms in total. The number of thiophene rings is 1. The van der Waals surface area contributed by atoms with E-state index in [1.807, 2.05) is 19.1 Å². The molecule has 0 saturated carbocycles. The molecule has 214 valence electrons. The minimum atomic E-state index is -4.80. The van der Waals surface area contributed by atoms with Crippen molar-refractivity contribution in [2.45, 2.75) is 24.4 Å². The van der Waals surface area contributed by atoms with Crippen LogP contribution in [0.25, 0.3) is 10.6 Å². The lowest BCUT2D eigenvalue weighted by Gasteiger charge is -2.34. The molecule has 5 rings (SSSR count). The molecule has 14 heteroatoms. The molecule has 3 aromatic rings. The van der Waals surface area contributed by atoms with Gasteiger partial charge in [0.05, 0.1) is 21.2 Å². The van der Waals surface area contributed by atoms with Crippen LogP contribution in [0.5, 0.6) is 0 Å². The SMILES string of the molecule is CCc1cc(N2CCN(C)CC2)ccc1Nc1ncc(C(F)(F)F)c(-c2cc3c(s2)C(=O)N(C)CCS3(=O)=O)n1. The molecule has 1 amide bonds. The minimum absolute atomic E-state index is 0.000631. The van der Waals surface area contributed by atoms with E-state index < -0.39 is 33.2 Å². The first-order valence-electron chi connectivity index (χ1n) is 12.8. The van der Waals surface area contributed by atoms with Gasteiger partial charge < -0.3 is 20.0 Å². The molecule has 1 aromatic carbocycles. The number of piperazine rings is 1. The number of nitrogens with one attached hydrogen (secondary N) is 1. The van der Waals surface area contributed by atoms with E-state index in [4.69, 9.17) is 0 Å². The van der Waals surface area contributed by atoms with Gasteiger partial charge in [-0.3, -0.25) is 4.79 Å². The Bertz CT molecular complexity index is 1550. The van der Waals surface area contributed by atoms with Crippen molar-refractivity contribution in [1.29, 1.82) is 0 Å². The Morgan fingerprint density at radius 2 is 1.80 bits per heavy atom. The molecular formula is C26H29F3N6O3S2. The number of aromatic nitrogens is 2. The average molecular weight is 595 g/mol.